The number of hydrogen-bond donors (Lipinski definition) is 0. The van der Waals surface area contributed by atoms with Crippen LogP contribution in [-0.2, 0) is 20.1 Å². The Bertz CT molecular complexity index is 676. The van der Waals surface area contributed by atoms with E-state index < -0.39 is 0 Å². The highest BCUT2D eigenvalue weighted by molar-refractivity contribution is 6.34. The Kier molecular flexibility index (Phi) is 4.58. The van der Waals surface area contributed by atoms with Gasteiger partial charge in [0, 0.05) is 20.6 Å². The Morgan fingerprint density at radius 2 is 2.10 bits per heavy atom. The molecule has 0 atom stereocenters. The van der Waals surface area contributed by atoms with Gasteiger partial charge in [-0.3, -0.25) is 14.2 Å². The topological polar surface area (TPSA) is 56.0 Å². The van der Waals surface area contributed by atoms with Gasteiger partial charge in [0.1, 0.15) is 0 Å². The van der Waals surface area contributed by atoms with Crippen LogP contribution in [0, 0.1) is 6.92 Å². The number of halogens is 2. The number of carbonyl (C=O) groups excluding carboxylic acids is 1. The molecule has 2 aromatic rings. The average Bonchev–Trinajstić information content (AvgIpc) is 2.93. The molecule has 0 fully saturated rings. The van der Waals surface area contributed by atoms with E-state index in [1.807, 2.05) is 13.8 Å². The number of rotatable bonds is 4. The molecule has 2 heterocycles. The lowest BCUT2D eigenvalue weighted by atomic mass is 10.3. The number of hydrogen-bond acceptors (Lipinski definition) is 3. The minimum absolute atomic E-state index is 0.247. The molecule has 114 valence electrons. The van der Waals surface area contributed by atoms with E-state index in [0.717, 1.165) is 11.4 Å². The molecule has 2 rings (SSSR count). The SMILES string of the molecule is CCn1ncc(Cl)c1CN(C)C(=O)c1nn(C)c(C)c1Cl. The normalized spacial score (nSPS) is 11.0. The van der Waals surface area contributed by atoms with Gasteiger partial charge in [0.15, 0.2) is 5.69 Å². The van der Waals surface area contributed by atoms with Crippen molar-refractivity contribution in [1.82, 2.24) is 24.5 Å². The van der Waals surface area contributed by atoms with E-state index in [0.29, 0.717) is 23.1 Å². The van der Waals surface area contributed by atoms with E-state index >= 15 is 0 Å². The van der Waals surface area contributed by atoms with E-state index in [2.05, 4.69) is 10.2 Å². The molecule has 2 aromatic heterocycles. The minimum atomic E-state index is -0.247. The highest BCUT2D eigenvalue weighted by atomic mass is 35.5. The standard InChI is InChI=1S/C13H17Cl2N5O/c1-5-20-10(9(14)6-16-20)7-18(3)13(21)12-11(15)8(2)19(4)17-12/h6H,5,7H2,1-4H3. The maximum absolute atomic E-state index is 12.5. The van der Waals surface area contributed by atoms with Crippen molar-refractivity contribution in [1.29, 1.82) is 0 Å². The van der Waals surface area contributed by atoms with E-state index in [1.165, 1.54) is 4.90 Å². The second kappa shape index (κ2) is 6.07. The largest absolute Gasteiger partial charge is 0.334 e. The molecular formula is C13H17Cl2N5O. The van der Waals surface area contributed by atoms with E-state index in [1.54, 1.807) is 29.7 Å². The second-order valence-electron chi connectivity index (χ2n) is 4.79. The van der Waals surface area contributed by atoms with E-state index in [4.69, 9.17) is 23.2 Å². The van der Waals surface area contributed by atoms with Gasteiger partial charge in [0.05, 0.1) is 34.2 Å². The van der Waals surface area contributed by atoms with Crippen molar-refractivity contribution < 1.29 is 4.79 Å². The number of aryl methyl sites for hydroxylation is 2. The molecule has 21 heavy (non-hydrogen) atoms. The summed E-state index contributed by atoms with van der Waals surface area (Å²) < 4.78 is 3.35. The maximum atomic E-state index is 12.5. The smallest absolute Gasteiger partial charge is 0.276 e. The zero-order valence-corrected chi connectivity index (χ0v) is 13.9. The second-order valence-corrected chi connectivity index (χ2v) is 5.57. The fourth-order valence-corrected chi connectivity index (χ4v) is 2.46. The molecule has 1 amide bonds. The third-order valence-electron chi connectivity index (χ3n) is 3.39. The van der Waals surface area contributed by atoms with Crippen molar-refractivity contribution in [3.63, 3.8) is 0 Å². The van der Waals surface area contributed by atoms with Crippen LogP contribution in [0.3, 0.4) is 0 Å². The number of carbonyl (C=O) groups is 1. The molecule has 0 spiro atoms. The lowest BCUT2D eigenvalue weighted by molar-refractivity contribution is 0.0775. The van der Waals surface area contributed by atoms with Crippen LogP contribution < -0.4 is 0 Å². The van der Waals surface area contributed by atoms with Gasteiger partial charge in [-0.2, -0.15) is 10.2 Å². The monoisotopic (exact) mass is 329 g/mol. The van der Waals surface area contributed by atoms with E-state index in [9.17, 15) is 4.79 Å². The Hall–Kier alpha value is -1.53. The van der Waals surface area contributed by atoms with Crippen LogP contribution in [0.1, 0.15) is 28.8 Å². The summed E-state index contributed by atoms with van der Waals surface area (Å²) in [6.45, 7) is 4.81. The summed E-state index contributed by atoms with van der Waals surface area (Å²) in [4.78, 5) is 14.0. The molecule has 8 heteroatoms. The first-order valence-electron chi connectivity index (χ1n) is 6.51. The molecule has 6 nitrogen and oxygen atoms in total. The Morgan fingerprint density at radius 1 is 1.43 bits per heavy atom. The van der Waals surface area contributed by atoms with Crippen LogP contribution in [0.4, 0.5) is 0 Å². The Morgan fingerprint density at radius 3 is 2.62 bits per heavy atom. The highest BCUT2D eigenvalue weighted by Crippen LogP contribution is 2.22. The fraction of sp³-hybridized carbons (Fsp3) is 0.462. The number of nitrogens with zero attached hydrogens (tertiary/aromatic N) is 5. The van der Waals surface area contributed by atoms with Gasteiger partial charge in [-0.05, 0) is 13.8 Å². The summed E-state index contributed by atoms with van der Waals surface area (Å²) >= 11 is 12.3. The molecule has 0 aliphatic carbocycles. The van der Waals surface area contributed by atoms with Crippen molar-refractivity contribution >= 4 is 29.1 Å². The zero-order valence-electron chi connectivity index (χ0n) is 12.4. The van der Waals surface area contributed by atoms with Gasteiger partial charge in [0.25, 0.3) is 5.91 Å². The van der Waals surface area contributed by atoms with Gasteiger partial charge in [-0.25, -0.2) is 0 Å². The van der Waals surface area contributed by atoms with Crippen molar-refractivity contribution in [2.24, 2.45) is 7.05 Å². The molecule has 0 saturated heterocycles. The van der Waals surface area contributed by atoms with E-state index in [-0.39, 0.29) is 11.6 Å². The van der Waals surface area contributed by atoms with Crippen LogP contribution in [-0.4, -0.2) is 37.4 Å². The number of aromatic nitrogens is 4. The van der Waals surface area contributed by atoms with Crippen LogP contribution in [0.2, 0.25) is 10.0 Å². The minimum Gasteiger partial charge on any atom is -0.334 e. The molecule has 0 aromatic carbocycles. The summed E-state index contributed by atoms with van der Waals surface area (Å²) in [5.41, 5.74) is 1.79. The first kappa shape index (κ1) is 15.9. The third kappa shape index (κ3) is 2.91. The Balaban J connectivity index is 2.23. The van der Waals surface area contributed by atoms with Crippen molar-refractivity contribution in [2.45, 2.75) is 26.9 Å². The average molecular weight is 330 g/mol. The lowest BCUT2D eigenvalue weighted by Gasteiger charge is -2.17. The van der Waals surface area contributed by atoms with Crippen LogP contribution in [0.25, 0.3) is 0 Å². The quantitative estimate of drug-likeness (QED) is 0.866. The van der Waals surface area contributed by atoms with Gasteiger partial charge >= 0.3 is 0 Å². The fourth-order valence-electron chi connectivity index (χ4n) is 2.01. The zero-order chi connectivity index (χ0) is 15.7. The van der Waals surface area contributed by atoms with Crippen molar-refractivity contribution in [3.05, 3.63) is 33.3 Å². The lowest BCUT2D eigenvalue weighted by Crippen LogP contribution is -2.28. The first-order valence-corrected chi connectivity index (χ1v) is 7.27. The first-order chi connectivity index (χ1) is 9.86. The molecule has 0 aliphatic rings. The summed E-state index contributed by atoms with van der Waals surface area (Å²) in [6.07, 6.45) is 1.58. The summed E-state index contributed by atoms with van der Waals surface area (Å²) in [6, 6.07) is 0. The van der Waals surface area contributed by atoms with Gasteiger partial charge in [0.2, 0.25) is 0 Å². The van der Waals surface area contributed by atoms with Gasteiger partial charge < -0.3 is 4.90 Å². The molecule has 0 radical (unpaired) electrons. The molecule has 0 unspecified atom stereocenters. The molecular weight excluding hydrogens is 313 g/mol. The highest BCUT2D eigenvalue weighted by Gasteiger charge is 2.23. The van der Waals surface area contributed by atoms with Crippen LogP contribution in [0.5, 0.6) is 0 Å². The van der Waals surface area contributed by atoms with Gasteiger partial charge in [-0.1, -0.05) is 23.2 Å². The summed E-state index contributed by atoms with van der Waals surface area (Å²) in [5, 5.41) is 9.24. The summed E-state index contributed by atoms with van der Waals surface area (Å²) in [5.74, 6) is -0.247. The van der Waals surface area contributed by atoms with Crippen molar-refractivity contribution in [3.8, 4) is 0 Å². The molecule has 0 aliphatic heterocycles. The third-order valence-corrected chi connectivity index (χ3v) is 4.16. The molecule has 0 bridgehead atoms. The predicted octanol–water partition coefficient (Wildman–Crippen LogP) is 2.52. The maximum Gasteiger partial charge on any atom is 0.276 e. The number of amides is 1. The van der Waals surface area contributed by atoms with Crippen LogP contribution >= 0.6 is 23.2 Å². The Labute approximate surface area is 133 Å². The summed E-state index contributed by atoms with van der Waals surface area (Å²) in [7, 11) is 3.44. The predicted molar refractivity (Wildman–Crippen MR) is 81.7 cm³/mol. The molecule has 0 saturated carbocycles. The molecule has 0 N–H and O–H groups in total. The van der Waals surface area contributed by atoms with Crippen LogP contribution in [0.15, 0.2) is 6.20 Å². The van der Waals surface area contributed by atoms with Crippen molar-refractivity contribution in [2.75, 3.05) is 7.05 Å². The van der Waals surface area contributed by atoms with Gasteiger partial charge in [-0.15, -0.1) is 0 Å².